The van der Waals surface area contributed by atoms with Crippen molar-refractivity contribution in [2.45, 2.75) is 6.92 Å². The summed E-state index contributed by atoms with van der Waals surface area (Å²) in [5, 5.41) is 7.95. The van der Waals surface area contributed by atoms with Gasteiger partial charge in [-0.3, -0.25) is 0 Å². The van der Waals surface area contributed by atoms with Gasteiger partial charge in [0.15, 0.2) is 10.8 Å². The van der Waals surface area contributed by atoms with Gasteiger partial charge < -0.3 is 4.74 Å². The zero-order chi connectivity index (χ0) is 10.8. The Morgan fingerprint density at radius 1 is 1.53 bits per heavy atom. The van der Waals surface area contributed by atoms with Crippen LogP contribution in [0.1, 0.15) is 17.5 Å². The van der Waals surface area contributed by atoms with Gasteiger partial charge in [0.05, 0.1) is 6.61 Å². The Bertz CT molecular complexity index is 510. The molecule has 2 heterocycles. The lowest BCUT2D eigenvalue weighted by molar-refractivity contribution is 0.0512. The van der Waals surface area contributed by atoms with Gasteiger partial charge in [-0.05, 0) is 19.1 Å². The maximum atomic E-state index is 11.3. The largest absolute Gasteiger partial charge is 0.460 e. The van der Waals surface area contributed by atoms with Gasteiger partial charge in [0.2, 0.25) is 0 Å². The van der Waals surface area contributed by atoms with Gasteiger partial charge in [-0.25, -0.2) is 4.79 Å². The number of esters is 1. The lowest BCUT2D eigenvalue weighted by Crippen LogP contribution is -2.07. The summed E-state index contributed by atoms with van der Waals surface area (Å²) in [6.45, 7) is 1.99. The summed E-state index contributed by atoms with van der Waals surface area (Å²) in [5.41, 5.74) is 0.447. The third kappa shape index (κ3) is 1.89. The van der Waals surface area contributed by atoms with Crippen LogP contribution >= 0.6 is 11.6 Å². The highest BCUT2D eigenvalue weighted by Crippen LogP contribution is 2.06. The molecular formula is C8H7ClN4O2. The average Bonchev–Trinajstić information content (AvgIpc) is 2.60. The number of rotatable bonds is 2. The monoisotopic (exact) mass is 226 g/mol. The maximum Gasteiger partial charge on any atom is 0.378 e. The molecule has 0 N–H and O–H groups in total. The van der Waals surface area contributed by atoms with Crippen LogP contribution in [0.3, 0.4) is 0 Å². The molecule has 78 valence electrons. The van der Waals surface area contributed by atoms with E-state index in [0.717, 1.165) is 0 Å². The molecule has 0 radical (unpaired) electrons. The molecule has 0 saturated heterocycles. The van der Waals surface area contributed by atoms with Gasteiger partial charge in [0, 0.05) is 0 Å². The number of hydrogen-bond donors (Lipinski definition) is 0. The lowest BCUT2D eigenvalue weighted by Gasteiger charge is -1.93. The van der Waals surface area contributed by atoms with Crippen molar-refractivity contribution in [3.63, 3.8) is 0 Å². The molecular weight excluding hydrogens is 220 g/mol. The molecule has 7 heteroatoms. The Labute approximate surface area is 89.8 Å². The van der Waals surface area contributed by atoms with E-state index in [2.05, 4.69) is 15.2 Å². The van der Waals surface area contributed by atoms with Crippen LogP contribution in [-0.2, 0) is 4.74 Å². The molecule has 0 amide bonds. The minimum Gasteiger partial charge on any atom is -0.460 e. The van der Waals surface area contributed by atoms with Crippen LogP contribution in [0.5, 0.6) is 0 Å². The highest BCUT2D eigenvalue weighted by atomic mass is 35.5. The highest BCUT2D eigenvalue weighted by molar-refractivity contribution is 6.29. The molecule has 0 aliphatic rings. The quantitative estimate of drug-likeness (QED) is 0.714. The van der Waals surface area contributed by atoms with Gasteiger partial charge in [-0.2, -0.15) is 4.98 Å². The summed E-state index contributed by atoms with van der Waals surface area (Å²) in [4.78, 5) is 15.2. The van der Waals surface area contributed by atoms with Crippen LogP contribution in [0.25, 0.3) is 5.65 Å². The van der Waals surface area contributed by atoms with E-state index in [1.54, 1.807) is 19.1 Å². The number of fused-ring (bicyclic) bond motifs is 1. The number of aromatic nitrogens is 4. The second kappa shape index (κ2) is 3.82. The first-order valence-corrected chi connectivity index (χ1v) is 4.65. The van der Waals surface area contributed by atoms with Crippen LogP contribution in [0, 0.1) is 0 Å². The molecule has 0 aliphatic heterocycles. The molecule has 15 heavy (non-hydrogen) atoms. The van der Waals surface area contributed by atoms with Crippen molar-refractivity contribution >= 4 is 23.2 Å². The van der Waals surface area contributed by atoms with E-state index in [1.165, 1.54) is 4.63 Å². The zero-order valence-corrected chi connectivity index (χ0v) is 8.60. The third-order valence-corrected chi connectivity index (χ3v) is 1.83. The van der Waals surface area contributed by atoms with Gasteiger partial charge in [-0.15, -0.1) is 14.8 Å². The van der Waals surface area contributed by atoms with Crippen molar-refractivity contribution in [3.05, 3.63) is 23.1 Å². The van der Waals surface area contributed by atoms with E-state index in [0.29, 0.717) is 5.65 Å². The SMILES string of the molecule is CCOC(=O)c1nc2ccc(Cl)nn2n1. The first kappa shape index (κ1) is 9.85. The molecule has 0 atom stereocenters. The molecule has 0 bridgehead atoms. The molecule has 2 aromatic heterocycles. The number of ether oxygens (including phenoxy) is 1. The van der Waals surface area contributed by atoms with Crippen molar-refractivity contribution < 1.29 is 9.53 Å². The Balaban J connectivity index is 2.42. The third-order valence-electron chi connectivity index (χ3n) is 1.63. The molecule has 0 fully saturated rings. The predicted molar refractivity (Wildman–Crippen MR) is 51.7 cm³/mol. The minimum absolute atomic E-state index is 0.0217. The predicted octanol–water partition coefficient (Wildman–Crippen LogP) is 0.954. The number of halogens is 1. The van der Waals surface area contributed by atoms with Gasteiger partial charge in [-0.1, -0.05) is 11.6 Å². The van der Waals surface area contributed by atoms with Crippen LogP contribution in [0.4, 0.5) is 0 Å². The van der Waals surface area contributed by atoms with Gasteiger partial charge in [0.1, 0.15) is 0 Å². The van der Waals surface area contributed by atoms with E-state index >= 15 is 0 Å². The summed E-state index contributed by atoms with van der Waals surface area (Å²) in [6.07, 6.45) is 0. The number of nitrogens with zero attached hydrogens (tertiary/aromatic N) is 4. The highest BCUT2D eigenvalue weighted by Gasteiger charge is 2.14. The second-order valence-electron chi connectivity index (χ2n) is 2.66. The number of hydrogen-bond acceptors (Lipinski definition) is 5. The van der Waals surface area contributed by atoms with Crippen LogP contribution < -0.4 is 0 Å². The Morgan fingerprint density at radius 3 is 3.07 bits per heavy atom. The fraction of sp³-hybridized carbons (Fsp3) is 0.250. The van der Waals surface area contributed by atoms with E-state index in [1.807, 2.05) is 0 Å². The van der Waals surface area contributed by atoms with Crippen LogP contribution in [0.15, 0.2) is 12.1 Å². The van der Waals surface area contributed by atoms with E-state index in [4.69, 9.17) is 16.3 Å². The van der Waals surface area contributed by atoms with Crippen molar-refractivity contribution in [1.29, 1.82) is 0 Å². The van der Waals surface area contributed by atoms with Crippen molar-refractivity contribution in [1.82, 2.24) is 19.8 Å². The summed E-state index contributed by atoms with van der Waals surface area (Å²) in [7, 11) is 0. The lowest BCUT2D eigenvalue weighted by atomic mass is 10.5. The van der Waals surface area contributed by atoms with Gasteiger partial charge >= 0.3 is 5.97 Å². The van der Waals surface area contributed by atoms with Crippen molar-refractivity contribution in [2.24, 2.45) is 0 Å². The van der Waals surface area contributed by atoms with Gasteiger partial charge in [0.25, 0.3) is 5.82 Å². The Morgan fingerprint density at radius 2 is 2.33 bits per heavy atom. The molecule has 0 spiro atoms. The molecule has 0 aromatic carbocycles. The normalized spacial score (nSPS) is 10.5. The van der Waals surface area contributed by atoms with E-state index in [9.17, 15) is 4.79 Å². The number of carbonyl (C=O) groups excluding carboxylic acids is 1. The molecule has 6 nitrogen and oxygen atoms in total. The summed E-state index contributed by atoms with van der Waals surface area (Å²) in [5.74, 6) is -0.592. The van der Waals surface area contributed by atoms with Crippen molar-refractivity contribution in [2.75, 3.05) is 6.61 Å². The van der Waals surface area contributed by atoms with E-state index < -0.39 is 5.97 Å². The minimum atomic E-state index is -0.570. The number of carbonyl (C=O) groups is 1. The maximum absolute atomic E-state index is 11.3. The zero-order valence-electron chi connectivity index (χ0n) is 7.85. The molecule has 2 aromatic rings. The molecule has 0 unspecified atom stereocenters. The fourth-order valence-corrected chi connectivity index (χ4v) is 1.18. The summed E-state index contributed by atoms with van der Waals surface area (Å²) < 4.78 is 5.94. The van der Waals surface area contributed by atoms with E-state index in [-0.39, 0.29) is 17.6 Å². The van der Waals surface area contributed by atoms with Crippen LogP contribution in [0.2, 0.25) is 5.15 Å². The molecule has 0 aliphatic carbocycles. The van der Waals surface area contributed by atoms with Crippen molar-refractivity contribution in [3.8, 4) is 0 Å². The standard InChI is InChI=1S/C8H7ClN4O2/c1-2-15-8(14)7-10-6-4-3-5(9)11-13(6)12-7/h3-4H,2H2,1H3. The summed E-state index contributed by atoms with van der Waals surface area (Å²) in [6, 6.07) is 3.19. The topological polar surface area (TPSA) is 69.4 Å². The van der Waals surface area contributed by atoms with Crippen LogP contribution in [-0.4, -0.2) is 32.4 Å². The molecule has 0 saturated carbocycles. The summed E-state index contributed by atoms with van der Waals surface area (Å²) >= 11 is 5.65. The smallest absolute Gasteiger partial charge is 0.378 e. The Kier molecular flexibility index (Phi) is 2.51. The first-order valence-electron chi connectivity index (χ1n) is 4.27. The molecule has 2 rings (SSSR count). The Hall–Kier alpha value is -1.69. The average molecular weight is 227 g/mol. The first-order chi connectivity index (χ1) is 7.20. The fourth-order valence-electron chi connectivity index (χ4n) is 1.04. The second-order valence-corrected chi connectivity index (χ2v) is 3.05.